The Bertz CT molecular complexity index is 926. The van der Waals surface area contributed by atoms with Gasteiger partial charge in [-0.1, -0.05) is 48.5 Å². The van der Waals surface area contributed by atoms with Gasteiger partial charge in [0.05, 0.1) is 22.4 Å². The van der Waals surface area contributed by atoms with E-state index in [0.717, 1.165) is 27.9 Å². The molecule has 1 aliphatic heterocycles. The lowest BCUT2D eigenvalue weighted by atomic mass is 9.71. The molecule has 1 aliphatic carbocycles. The maximum atomic E-state index is 12.6. The first-order valence-corrected chi connectivity index (χ1v) is 10.8. The molecule has 1 aromatic carbocycles. The fourth-order valence-corrected chi connectivity index (χ4v) is 4.81. The molecule has 1 aromatic rings. The molecule has 5 nitrogen and oxygen atoms in total. The lowest BCUT2D eigenvalue weighted by Gasteiger charge is -2.37. The maximum Gasteiger partial charge on any atom is 0.234 e. The summed E-state index contributed by atoms with van der Waals surface area (Å²) in [7, 11) is 0. The van der Waals surface area contributed by atoms with E-state index in [9.17, 15) is 14.9 Å². The van der Waals surface area contributed by atoms with Gasteiger partial charge in [0.1, 0.15) is 0 Å². The predicted octanol–water partition coefficient (Wildman–Crippen LogP) is 4.74. The number of nitriles is 1. The molecular formula is C21H22BrN3O2S. The van der Waals surface area contributed by atoms with E-state index < -0.39 is 0 Å². The van der Waals surface area contributed by atoms with Crippen molar-refractivity contribution in [1.82, 2.24) is 5.32 Å². The second-order valence-electron chi connectivity index (χ2n) is 7.88. The number of amides is 1. The second kappa shape index (κ2) is 8.14. The van der Waals surface area contributed by atoms with Crippen molar-refractivity contribution in [1.29, 1.82) is 5.26 Å². The molecular weight excluding hydrogens is 438 g/mol. The molecule has 0 aromatic heterocycles. The van der Waals surface area contributed by atoms with Crippen molar-refractivity contribution in [2.24, 2.45) is 11.3 Å². The van der Waals surface area contributed by atoms with Crippen molar-refractivity contribution >= 4 is 45.1 Å². The zero-order valence-corrected chi connectivity index (χ0v) is 18.5. The van der Waals surface area contributed by atoms with Crippen LogP contribution in [0.1, 0.15) is 33.6 Å². The van der Waals surface area contributed by atoms with Crippen LogP contribution in [0.25, 0.3) is 0 Å². The first-order valence-electron chi connectivity index (χ1n) is 9.06. The number of ketones is 1. The maximum absolute atomic E-state index is 12.6. The van der Waals surface area contributed by atoms with Gasteiger partial charge in [0.25, 0.3) is 0 Å². The molecule has 2 N–H and O–H groups in total. The van der Waals surface area contributed by atoms with Crippen molar-refractivity contribution < 1.29 is 9.59 Å². The molecule has 0 saturated carbocycles. The molecule has 1 heterocycles. The van der Waals surface area contributed by atoms with Gasteiger partial charge in [0.2, 0.25) is 5.91 Å². The number of anilines is 1. The Morgan fingerprint density at radius 1 is 1.36 bits per heavy atom. The molecule has 0 bridgehead atoms. The summed E-state index contributed by atoms with van der Waals surface area (Å²) in [6.07, 6.45) is 1.25. The quantitative estimate of drug-likeness (QED) is 0.679. The largest absolute Gasteiger partial charge is 0.352 e. The predicted molar refractivity (Wildman–Crippen MR) is 115 cm³/mol. The molecule has 1 amide bonds. The smallest absolute Gasteiger partial charge is 0.234 e. The Morgan fingerprint density at radius 2 is 2.04 bits per heavy atom. The third-order valence-electron chi connectivity index (χ3n) is 4.89. The number of thioether (sulfide) groups is 1. The number of Topliss-reactive ketones (excluding diaryl/α,β-unsaturated/α-hetero) is 1. The van der Waals surface area contributed by atoms with Crippen molar-refractivity contribution in [2.75, 3.05) is 11.1 Å². The van der Waals surface area contributed by atoms with E-state index >= 15 is 0 Å². The normalized spacial score (nSPS) is 21.0. The van der Waals surface area contributed by atoms with Gasteiger partial charge in [-0.25, -0.2) is 0 Å². The number of hydrogen-bond donors (Lipinski definition) is 2. The topological polar surface area (TPSA) is 82.0 Å². The standard InChI is InChI=1S/C21H22BrN3O2S/c1-12-15(10-23)20(25-16-8-21(2,3)9-17(26)19(12)16)28-11-18(27)24-14-6-4-13(22)5-7-14/h4-7,12,25H,8-9,11H2,1-3H3,(H,24,27)/t12-/m0/s1. The number of carbonyl (C=O) groups excluding carboxylic acids is 2. The molecule has 0 radical (unpaired) electrons. The van der Waals surface area contributed by atoms with Gasteiger partial charge in [-0.15, -0.1) is 0 Å². The van der Waals surface area contributed by atoms with Crippen molar-refractivity contribution in [3.63, 3.8) is 0 Å². The fraction of sp³-hybridized carbons (Fsp3) is 0.381. The zero-order chi connectivity index (χ0) is 20.5. The highest BCUT2D eigenvalue weighted by atomic mass is 79.9. The van der Waals surface area contributed by atoms with Gasteiger partial charge in [-0.2, -0.15) is 5.26 Å². The second-order valence-corrected chi connectivity index (χ2v) is 9.78. The minimum Gasteiger partial charge on any atom is -0.352 e. The van der Waals surface area contributed by atoms with E-state index in [-0.39, 0.29) is 28.8 Å². The van der Waals surface area contributed by atoms with E-state index in [1.54, 1.807) is 0 Å². The Morgan fingerprint density at radius 3 is 2.68 bits per heavy atom. The molecule has 146 valence electrons. The van der Waals surface area contributed by atoms with Crippen molar-refractivity contribution in [2.45, 2.75) is 33.6 Å². The molecule has 0 unspecified atom stereocenters. The van der Waals surface area contributed by atoms with E-state index in [4.69, 9.17) is 0 Å². The van der Waals surface area contributed by atoms with Gasteiger partial charge < -0.3 is 10.6 Å². The lowest BCUT2D eigenvalue weighted by Crippen LogP contribution is -2.37. The number of hydrogen-bond acceptors (Lipinski definition) is 5. The van der Waals surface area contributed by atoms with Crippen LogP contribution in [0, 0.1) is 22.7 Å². The van der Waals surface area contributed by atoms with Gasteiger partial charge in [0.15, 0.2) is 5.78 Å². The van der Waals surface area contributed by atoms with Crippen LogP contribution in [-0.4, -0.2) is 17.4 Å². The summed E-state index contributed by atoms with van der Waals surface area (Å²) in [6.45, 7) is 6.04. The summed E-state index contributed by atoms with van der Waals surface area (Å²) in [5.74, 6) is -0.111. The van der Waals surface area contributed by atoms with E-state index in [0.29, 0.717) is 17.0 Å². The number of nitrogens with one attached hydrogen (secondary N) is 2. The number of carbonyl (C=O) groups is 2. The van der Waals surface area contributed by atoms with Crippen LogP contribution in [0.4, 0.5) is 5.69 Å². The average Bonchev–Trinajstić information content (AvgIpc) is 2.60. The highest BCUT2D eigenvalue weighted by molar-refractivity contribution is 9.10. The summed E-state index contributed by atoms with van der Waals surface area (Å²) in [6, 6.07) is 9.59. The molecule has 7 heteroatoms. The monoisotopic (exact) mass is 459 g/mol. The first kappa shape index (κ1) is 20.7. The lowest BCUT2D eigenvalue weighted by molar-refractivity contribution is -0.118. The number of rotatable bonds is 4. The Balaban J connectivity index is 1.71. The Labute approximate surface area is 177 Å². The van der Waals surface area contributed by atoms with Crippen LogP contribution < -0.4 is 10.6 Å². The van der Waals surface area contributed by atoms with Crippen LogP contribution in [-0.2, 0) is 9.59 Å². The summed E-state index contributed by atoms with van der Waals surface area (Å²) in [5.41, 5.74) is 2.75. The molecule has 3 rings (SSSR count). The van der Waals surface area contributed by atoms with Crippen LogP contribution in [0.3, 0.4) is 0 Å². The summed E-state index contributed by atoms with van der Waals surface area (Å²) in [5, 5.41) is 16.5. The SMILES string of the molecule is C[C@H]1C(C#N)=C(SCC(=O)Nc2ccc(Br)cc2)NC2=C1C(=O)CC(C)(C)C2. The van der Waals surface area contributed by atoms with E-state index in [1.165, 1.54) is 11.8 Å². The van der Waals surface area contributed by atoms with Gasteiger partial charge in [0, 0.05) is 33.8 Å². The first-order chi connectivity index (χ1) is 13.2. The zero-order valence-electron chi connectivity index (χ0n) is 16.1. The minimum absolute atomic E-state index is 0.107. The highest BCUT2D eigenvalue weighted by Crippen LogP contribution is 2.43. The minimum atomic E-state index is -0.248. The fourth-order valence-electron chi connectivity index (χ4n) is 3.62. The number of halogens is 1. The van der Waals surface area contributed by atoms with Gasteiger partial charge >= 0.3 is 0 Å². The third kappa shape index (κ3) is 4.50. The highest BCUT2D eigenvalue weighted by Gasteiger charge is 2.39. The average molecular weight is 460 g/mol. The van der Waals surface area contributed by atoms with E-state index in [1.807, 2.05) is 31.2 Å². The molecule has 0 saturated heterocycles. The molecule has 0 spiro atoms. The van der Waals surface area contributed by atoms with Crippen LogP contribution in [0.2, 0.25) is 0 Å². The number of nitrogens with zero attached hydrogens (tertiary/aromatic N) is 1. The van der Waals surface area contributed by atoms with Crippen LogP contribution >= 0.6 is 27.7 Å². The van der Waals surface area contributed by atoms with Crippen LogP contribution in [0.5, 0.6) is 0 Å². The Hall–Kier alpha value is -2.04. The number of allylic oxidation sites excluding steroid dienone is 3. The molecule has 2 aliphatic rings. The number of benzene rings is 1. The van der Waals surface area contributed by atoms with E-state index in [2.05, 4.69) is 46.5 Å². The molecule has 28 heavy (non-hydrogen) atoms. The molecule has 1 atom stereocenters. The van der Waals surface area contributed by atoms with Gasteiger partial charge in [-0.3, -0.25) is 9.59 Å². The Kier molecular flexibility index (Phi) is 6.01. The summed E-state index contributed by atoms with van der Waals surface area (Å²) in [4.78, 5) is 24.9. The summed E-state index contributed by atoms with van der Waals surface area (Å²) < 4.78 is 0.943. The number of dihydropyridines is 1. The third-order valence-corrected chi connectivity index (χ3v) is 6.44. The van der Waals surface area contributed by atoms with Crippen molar-refractivity contribution in [3.05, 3.63) is 50.6 Å². The molecule has 0 fully saturated rings. The van der Waals surface area contributed by atoms with Crippen molar-refractivity contribution in [3.8, 4) is 6.07 Å². The van der Waals surface area contributed by atoms with Gasteiger partial charge in [-0.05, 0) is 36.1 Å². The van der Waals surface area contributed by atoms with Crippen LogP contribution in [0.15, 0.2) is 50.6 Å². The summed E-state index contributed by atoms with van der Waals surface area (Å²) >= 11 is 4.67.